The Hall–Kier alpha value is -3.35. The number of rotatable bonds is 8. The van der Waals surface area contributed by atoms with Gasteiger partial charge in [0.25, 0.3) is 0 Å². The first-order valence-corrected chi connectivity index (χ1v) is 11.5. The van der Waals surface area contributed by atoms with Crippen molar-refractivity contribution in [3.8, 4) is 11.1 Å². The first-order chi connectivity index (χ1) is 15.9. The molecule has 7 heteroatoms. The number of benzene rings is 2. The van der Waals surface area contributed by atoms with E-state index in [0.29, 0.717) is 0 Å². The van der Waals surface area contributed by atoms with Gasteiger partial charge in [-0.3, -0.25) is 9.59 Å². The highest BCUT2D eigenvalue weighted by atomic mass is 16.5. The molecule has 1 fully saturated rings. The monoisotopic (exact) mass is 450 g/mol. The Kier molecular flexibility index (Phi) is 6.67. The van der Waals surface area contributed by atoms with E-state index in [2.05, 4.69) is 29.6 Å². The minimum Gasteiger partial charge on any atom is -0.481 e. The quantitative estimate of drug-likeness (QED) is 0.637. The molecule has 0 bridgehead atoms. The fourth-order valence-corrected chi connectivity index (χ4v) is 4.74. The van der Waals surface area contributed by atoms with Crippen molar-refractivity contribution in [1.29, 1.82) is 0 Å². The van der Waals surface area contributed by atoms with Gasteiger partial charge in [-0.05, 0) is 41.0 Å². The van der Waals surface area contributed by atoms with Crippen LogP contribution in [0, 0.1) is 11.8 Å². The average Bonchev–Trinajstić information content (AvgIpc) is 3.09. The van der Waals surface area contributed by atoms with E-state index < -0.39 is 24.0 Å². The topological polar surface area (TPSA) is 95.9 Å². The van der Waals surface area contributed by atoms with Gasteiger partial charge < -0.3 is 20.1 Å². The van der Waals surface area contributed by atoms with E-state index in [1.165, 1.54) is 4.90 Å². The second kappa shape index (κ2) is 9.65. The normalized spacial score (nSPS) is 16.7. The van der Waals surface area contributed by atoms with Crippen molar-refractivity contribution in [2.45, 2.75) is 38.1 Å². The van der Waals surface area contributed by atoms with E-state index in [9.17, 15) is 14.4 Å². The Labute approximate surface area is 193 Å². The highest BCUT2D eigenvalue weighted by Gasteiger charge is 2.37. The van der Waals surface area contributed by atoms with Crippen molar-refractivity contribution in [2.24, 2.45) is 11.8 Å². The molecule has 2 N–H and O–H groups in total. The lowest BCUT2D eigenvalue weighted by Gasteiger charge is -2.35. The van der Waals surface area contributed by atoms with Gasteiger partial charge >= 0.3 is 12.1 Å². The zero-order chi connectivity index (χ0) is 23.5. The number of aliphatic carboxylic acids is 1. The summed E-state index contributed by atoms with van der Waals surface area (Å²) in [5, 5.41) is 11.9. The zero-order valence-corrected chi connectivity index (χ0v) is 19.0. The number of hydrogen-bond acceptors (Lipinski definition) is 4. The fraction of sp³-hybridized carbons (Fsp3) is 0.423. The summed E-state index contributed by atoms with van der Waals surface area (Å²) in [6, 6.07) is 15.5. The molecule has 0 saturated heterocycles. The van der Waals surface area contributed by atoms with Crippen LogP contribution < -0.4 is 5.32 Å². The van der Waals surface area contributed by atoms with Crippen molar-refractivity contribution in [2.75, 3.05) is 20.2 Å². The van der Waals surface area contributed by atoms with Gasteiger partial charge in [-0.15, -0.1) is 0 Å². The van der Waals surface area contributed by atoms with E-state index in [0.717, 1.165) is 41.5 Å². The SMILES string of the molecule is CC(CN(C)C(=O)C(NC(=O)OCC1c2ccccc2-c2ccccc21)C1CCC1)C(=O)O. The minimum absolute atomic E-state index is 0.0422. The number of nitrogens with zero attached hydrogens (tertiary/aromatic N) is 1. The van der Waals surface area contributed by atoms with Crippen LogP contribution in [0.2, 0.25) is 0 Å². The second-order valence-electron chi connectivity index (χ2n) is 9.10. The number of carbonyl (C=O) groups excluding carboxylic acids is 2. The molecule has 0 radical (unpaired) electrons. The summed E-state index contributed by atoms with van der Waals surface area (Å²) in [5.41, 5.74) is 4.55. The van der Waals surface area contributed by atoms with Gasteiger partial charge in [-0.1, -0.05) is 61.9 Å². The van der Waals surface area contributed by atoms with E-state index in [1.807, 2.05) is 24.3 Å². The molecule has 2 aliphatic rings. The highest BCUT2D eigenvalue weighted by Crippen LogP contribution is 2.44. The van der Waals surface area contributed by atoms with Crippen molar-refractivity contribution < 1.29 is 24.2 Å². The van der Waals surface area contributed by atoms with Crippen LogP contribution in [0.5, 0.6) is 0 Å². The maximum atomic E-state index is 13.0. The highest BCUT2D eigenvalue weighted by molar-refractivity contribution is 5.86. The Balaban J connectivity index is 1.41. The second-order valence-corrected chi connectivity index (χ2v) is 9.10. The number of fused-ring (bicyclic) bond motifs is 3. The van der Waals surface area contributed by atoms with Gasteiger partial charge in [0, 0.05) is 19.5 Å². The van der Waals surface area contributed by atoms with Crippen LogP contribution in [0.3, 0.4) is 0 Å². The van der Waals surface area contributed by atoms with Crippen LogP contribution in [0.4, 0.5) is 4.79 Å². The van der Waals surface area contributed by atoms with E-state index in [1.54, 1.807) is 14.0 Å². The molecule has 2 aliphatic carbocycles. The van der Waals surface area contributed by atoms with Gasteiger partial charge in [0.15, 0.2) is 0 Å². The molecule has 0 aromatic heterocycles. The summed E-state index contributed by atoms with van der Waals surface area (Å²) in [7, 11) is 1.58. The summed E-state index contributed by atoms with van der Waals surface area (Å²) in [6.07, 6.45) is 2.09. The first kappa shape index (κ1) is 22.8. The Morgan fingerprint density at radius 3 is 2.15 bits per heavy atom. The lowest BCUT2D eigenvalue weighted by molar-refractivity contribution is -0.143. The van der Waals surface area contributed by atoms with Crippen LogP contribution in [0.1, 0.15) is 43.2 Å². The molecular weight excluding hydrogens is 420 g/mol. The van der Waals surface area contributed by atoms with Crippen molar-refractivity contribution >= 4 is 18.0 Å². The summed E-state index contributed by atoms with van der Waals surface area (Å²) >= 11 is 0. The van der Waals surface area contributed by atoms with Gasteiger partial charge in [-0.25, -0.2) is 4.79 Å². The van der Waals surface area contributed by atoms with Gasteiger partial charge in [0.1, 0.15) is 12.6 Å². The molecule has 2 aromatic rings. The van der Waals surface area contributed by atoms with Crippen molar-refractivity contribution in [3.05, 3.63) is 59.7 Å². The molecular formula is C26H30N2O5. The van der Waals surface area contributed by atoms with Gasteiger partial charge in [-0.2, -0.15) is 0 Å². The minimum atomic E-state index is -0.959. The number of ether oxygens (including phenoxy) is 1. The third kappa shape index (κ3) is 4.72. The summed E-state index contributed by atoms with van der Waals surface area (Å²) in [6.45, 7) is 1.82. The third-order valence-electron chi connectivity index (χ3n) is 6.85. The summed E-state index contributed by atoms with van der Waals surface area (Å²) < 4.78 is 5.62. The molecule has 2 unspecified atom stereocenters. The number of carboxylic acids is 1. The van der Waals surface area contributed by atoms with E-state index in [4.69, 9.17) is 9.84 Å². The van der Waals surface area contributed by atoms with Crippen LogP contribution in [0.25, 0.3) is 11.1 Å². The number of carbonyl (C=O) groups is 3. The van der Waals surface area contributed by atoms with Crippen LogP contribution in [0.15, 0.2) is 48.5 Å². The third-order valence-corrected chi connectivity index (χ3v) is 6.85. The number of alkyl carbamates (subject to hydrolysis) is 1. The summed E-state index contributed by atoms with van der Waals surface area (Å²) in [5.74, 6) is -1.93. The predicted octanol–water partition coefficient (Wildman–Crippen LogP) is 3.87. The van der Waals surface area contributed by atoms with Crippen molar-refractivity contribution in [3.63, 3.8) is 0 Å². The Morgan fingerprint density at radius 2 is 1.64 bits per heavy atom. The summed E-state index contributed by atoms with van der Waals surface area (Å²) in [4.78, 5) is 38.3. The number of nitrogens with one attached hydrogen (secondary N) is 1. The standard InChI is InChI=1S/C26H30N2O5/c1-16(25(30)31)14-28(2)24(29)23(17-8-7-9-17)27-26(32)33-15-22-20-12-5-3-10-18(20)19-11-4-6-13-21(19)22/h3-6,10-13,16-17,22-23H,7-9,14-15H2,1-2H3,(H,27,32)(H,30,31). The number of likely N-dealkylation sites (N-methyl/N-ethyl adjacent to an activating group) is 1. The van der Waals surface area contributed by atoms with Gasteiger partial charge in [0.2, 0.25) is 5.91 Å². The molecule has 2 aromatic carbocycles. The predicted molar refractivity (Wildman–Crippen MR) is 124 cm³/mol. The van der Waals surface area contributed by atoms with E-state index >= 15 is 0 Å². The Bertz CT molecular complexity index is 1000. The van der Waals surface area contributed by atoms with Crippen LogP contribution in [-0.2, 0) is 14.3 Å². The molecule has 1 saturated carbocycles. The number of amides is 2. The van der Waals surface area contributed by atoms with Crippen LogP contribution >= 0.6 is 0 Å². The molecule has 0 spiro atoms. The lowest BCUT2D eigenvalue weighted by Crippen LogP contribution is -2.54. The zero-order valence-electron chi connectivity index (χ0n) is 19.0. The Morgan fingerprint density at radius 1 is 1.06 bits per heavy atom. The first-order valence-electron chi connectivity index (χ1n) is 11.5. The smallest absolute Gasteiger partial charge is 0.407 e. The van der Waals surface area contributed by atoms with Gasteiger partial charge in [0.05, 0.1) is 5.92 Å². The average molecular weight is 451 g/mol. The van der Waals surface area contributed by atoms with E-state index in [-0.39, 0.29) is 30.9 Å². The van der Waals surface area contributed by atoms with Crippen LogP contribution in [-0.4, -0.2) is 54.2 Å². The number of carboxylic acid groups (broad SMARTS) is 1. The molecule has 2 amide bonds. The molecule has 0 aliphatic heterocycles. The molecule has 4 rings (SSSR count). The fourth-order valence-electron chi connectivity index (χ4n) is 4.74. The molecule has 33 heavy (non-hydrogen) atoms. The number of hydrogen-bond donors (Lipinski definition) is 2. The molecule has 0 heterocycles. The lowest BCUT2D eigenvalue weighted by atomic mass is 9.79. The molecule has 7 nitrogen and oxygen atoms in total. The molecule has 2 atom stereocenters. The maximum Gasteiger partial charge on any atom is 0.407 e. The molecule has 174 valence electrons. The van der Waals surface area contributed by atoms with Crippen molar-refractivity contribution in [1.82, 2.24) is 10.2 Å². The maximum absolute atomic E-state index is 13.0. The largest absolute Gasteiger partial charge is 0.481 e.